The molecule has 0 atom stereocenters. The summed E-state index contributed by atoms with van der Waals surface area (Å²) in [5.41, 5.74) is 0.665. The van der Waals surface area contributed by atoms with Crippen LogP contribution in [0.2, 0.25) is 0 Å². The second-order valence-corrected chi connectivity index (χ2v) is 7.29. The fourth-order valence-electron chi connectivity index (χ4n) is 1.71. The quantitative estimate of drug-likeness (QED) is 0.785. The molecular formula is C14H24N2O2S. The molecule has 0 spiro atoms. The van der Waals surface area contributed by atoms with E-state index in [9.17, 15) is 8.42 Å². The Bertz CT molecular complexity index is 487. The average molecular weight is 284 g/mol. The Morgan fingerprint density at radius 2 is 1.68 bits per heavy atom. The first-order valence-electron chi connectivity index (χ1n) is 6.58. The number of hydrogen-bond donors (Lipinski definition) is 2. The van der Waals surface area contributed by atoms with Gasteiger partial charge in [-0.15, -0.1) is 0 Å². The third kappa shape index (κ3) is 5.72. The Labute approximate surface area is 116 Å². The fraction of sp³-hybridized carbons (Fsp3) is 0.571. The van der Waals surface area contributed by atoms with Crippen LogP contribution in [0.3, 0.4) is 0 Å². The van der Waals surface area contributed by atoms with E-state index in [0.717, 1.165) is 25.1 Å². The van der Waals surface area contributed by atoms with Crippen molar-refractivity contribution in [2.24, 2.45) is 0 Å². The second kappa shape index (κ2) is 6.50. The van der Waals surface area contributed by atoms with E-state index in [4.69, 9.17) is 0 Å². The Hall–Kier alpha value is -0.910. The number of hydrogen-bond acceptors (Lipinski definition) is 3. The molecule has 2 N–H and O–H groups in total. The lowest BCUT2D eigenvalue weighted by Crippen LogP contribution is -2.40. The molecule has 1 aromatic rings. The molecule has 0 unspecified atom stereocenters. The molecule has 0 fully saturated rings. The molecule has 1 rings (SSSR count). The van der Waals surface area contributed by atoms with Gasteiger partial charge in [0.2, 0.25) is 10.0 Å². The molecule has 0 bridgehead atoms. The average Bonchev–Trinajstić information content (AvgIpc) is 2.27. The lowest BCUT2D eigenvalue weighted by molar-refractivity contribution is 0.491. The van der Waals surface area contributed by atoms with Crippen LogP contribution in [0.1, 0.15) is 33.3 Å². The molecular weight excluding hydrogens is 260 g/mol. The van der Waals surface area contributed by atoms with Gasteiger partial charge in [0.1, 0.15) is 0 Å². The molecule has 108 valence electrons. The van der Waals surface area contributed by atoms with Crippen molar-refractivity contribution in [2.75, 3.05) is 13.1 Å². The van der Waals surface area contributed by atoms with E-state index in [2.05, 4.69) is 17.0 Å². The summed E-state index contributed by atoms with van der Waals surface area (Å²) in [5.74, 6) is 0. The molecule has 0 amide bonds. The van der Waals surface area contributed by atoms with Crippen LogP contribution in [0.15, 0.2) is 29.2 Å². The summed E-state index contributed by atoms with van der Waals surface area (Å²) in [5, 5.41) is 3.24. The Kier molecular flexibility index (Phi) is 5.52. The zero-order chi connectivity index (χ0) is 14.5. The van der Waals surface area contributed by atoms with Crippen molar-refractivity contribution in [1.29, 1.82) is 0 Å². The molecule has 4 nitrogen and oxygen atoms in total. The first-order chi connectivity index (χ1) is 8.74. The molecule has 0 aliphatic carbocycles. The molecule has 0 heterocycles. The van der Waals surface area contributed by atoms with Crippen molar-refractivity contribution in [3.05, 3.63) is 29.8 Å². The Morgan fingerprint density at radius 1 is 1.11 bits per heavy atom. The van der Waals surface area contributed by atoms with Gasteiger partial charge >= 0.3 is 0 Å². The molecule has 1 aromatic carbocycles. The summed E-state index contributed by atoms with van der Waals surface area (Å²) < 4.78 is 26.8. The molecule has 0 aliphatic heterocycles. The van der Waals surface area contributed by atoms with E-state index in [1.807, 2.05) is 32.9 Å². The zero-order valence-corrected chi connectivity index (χ0v) is 13.0. The molecule has 0 radical (unpaired) electrons. The topological polar surface area (TPSA) is 58.2 Å². The second-order valence-electron chi connectivity index (χ2n) is 5.60. The molecule has 5 heteroatoms. The summed E-state index contributed by atoms with van der Waals surface area (Å²) in [6.07, 6.45) is 0.904. The number of sulfonamides is 1. The van der Waals surface area contributed by atoms with Gasteiger partial charge in [-0.1, -0.05) is 19.1 Å². The van der Waals surface area contributed by atoms with Crippen molar-refractivity contribution >= 4 is 10.0 Å². The van der Waals surface area contributed by atoms with Crippen molar-refractivity contribution in [3.63, 3.8) is 0 Å². The summed E-state index contributed by atoms with van der Waals surface area (Å²) >= 11 is 0. The summed E-state index contributed by atoms with van der Waals surface area (Å²) in [7, 11) is -3.43. The Balaban J connectivity index is 2.75. The van der Waals surface area contributed by atoms with Gasteiger partial charge in [-0.25, -0.2) is 13.1 Å². The van der Waals surface area contributed by atoms with Gasteiger partial charge in [-0.05, 0) is 58.0 Å². The number of rotatable bonds is 6. The van der Waals surface area contributed by atoms with E-state index in [1.54, 1.807) is 12.1 Å². The van der Waals surface area contributed by atoms with E-state index in [-0.39, 0.29) is 0 Å². The highest BCUT2D eigenvalue weighted by Gasteiger charge is 2.21. The molecule has 0 aromatic heterocycles. The van der Waals surface area contributed by atoms with Gasteiger partial charge in [-0.2, -0.15) is 0 Å². The van der Waals surface area contributed by atoms with E-state index < -0.39 is 15.6 Å². The van der Waals surface area contributed by atoms with Crippen LogP contribution in [0.25, 0.3) is 0 Å². The SMILES string of the molecule is CCNCCc1ccc(S(=O)(=O)NC(C)(C)C)cc1. The number of likely N-dealkylation sites (N-methyl/N-ethyl adjacent to an activating group) is 1. The van der Waals surface area contributed by atoms with Gasteiger partial charge in [0, 0.05) is 5.54 Å². The highest BCUT2D eigenvalue weighted by molar-refractivity contribution is 7.89. The standard InChI is InChI=1S/C14H24N2O2S/c1-5-15-11-10-12-6-8-13(9-7-12)19(17,18)16-14(2,3)4/h6-9,15-16H,5,10-11H2,1-4H3. The molecule has 0 saturated heterocycles. The van der Waals surface area contributed by atoms with Crippen LogP contribution in [-0.2, 0) is 16.4 Å². The van der Waals surface area contributed by atoms with Gasteiger partial charge in [0.05, 0.1) is 4.90 Å². The minimum atomic E-state index is -3.43. The third-order valence-corrected chi connectivity index (χ3v) is 4.29. The molecule has 0 saturated carbocycles. The van der Waals surface area contributed by atoms with E-state index >= 15 is 0 Å². The highest BCUT2D eigenvalue weighted by Crippen LogP contribution is 2.14. The maximum absolute atomic E-state index is 12.1. The maximum Gasteiger partial charge on any atom is 0.241 e. The summed E-state index contributed by atoms with van der Waals surface area (Å²) in [4.78, 5) is 0.314. The molecule has 0 aliphatic rings. The van der Waals surface area contributed by atoms with E-state index in [0.29, 0.717) is 4.90 Å². The lowest BCUT2D eigenvalue weighted by atomic mass is 10.1. The predicted molar refractivity (Wildman–Crippen MR) is 78.8 cm³/mol. The van der Waals surface area contributed by atoms with Crippen LogP contribution < -0.4 is 10.0 Å². The normalized spacial score (nSPS) is 12.6. The Morgan fingerprint density at radius 3 is 2.16 bits per heavy atom. The van der Waals surface area contributed by atoms with Gasteiger partial charge in [-0.3, -0.25) is 0 Å². The monoisotopic (exact) mass is 284 g/mol. The van der Waals surface area contributed by atoms with Gasteiger partial charge in [0.25, 0.3) is 0 Å². The van der Waals surface area contributed by atoms with Gasteiger partial charge in [0.15, 0.2) is 0 Å². The zero-order valence-electron chi connectivity index (χ0n) is 12.2. The van der Waals surface area contributed by atoms with Crippen LogP contribution in [-0.4, -0.2) is 27.0 Å². The minimum Gasteiger partial charge on any atom is -0.317 e. The first kappa shape index (κ1) is 16.1. The van der Waals surface area contributed by atoms with Crippen LogP contribution >= 0.6 is 0 Å². The first-order valence-corrected chi connectivity index (χ1v) is 8.06. The summed E-state index contributed by atoms with van der Waals surface area (Å²) in [6.45, 7) is 9.40. The fourth-order valence-corrected chi connectivity index (χ4v) is 3.13. The van der Waals surface area contributed by atoms with Crippen molar-refractivity contribution in [1.82, 2.24) is 10.0 Å². The third-order valence-electron chi connectivity index (χ3n) is 2.51. The van der Waals surface area contributed by atoms with Gasteiger partial charge < -0.3 is 5.32 Å². The van der Waals surface area contributed by atoms with Crippen molar-refractivity contribution in [2.45, 2.75) is 44.6 Å². The van der Waals surface area contributed by atoms with E-state index in [1.165, 1.54) is 0 Å². The van der Waals surface area contributed by atoms with Crippen molar-refractivity contribution in [3.8, 4) is 0 Å². The maximum atomic E-state index is 12.1. The van der Waals surface area contributed by atoms with Crippen LogP contribution in [0.5, 0.6) is 0 Å². The van der Waals surface area contributed by atoms with Crippen LogP contribution in [0.4, 0.5) is 0 Å². The number of nitrogens with one attached hydrogen (secondary N) is 2. The molecule has 19 heavy (non-hydrogen) atoms. The highest BCUT2D eigenvalue weighted by atomic mass is 32.2. The largest absolute Gasteiger partial charge is 0.317 e. The lowest BCUT2D eigenvalue weighted by Gasteiger charge is -2.20. The van der Waals surface area contributed by atoms with Crippen LogP contribution in [0, 0.1) is 0 Å². The van der Waals surface area contributed by atoms with Crippen molar-refractivity contribution < 1.29 is 8.42 Å². The number of benzene rings is 1. The smallest absolute Gasteiger partial charge is 0.241 e. The summed E-state index contributed by atoms with van der Waals surface area (Å²) in [6, 6.07) is 7.06. The predicted octanol–water partition coefficient (Wildman–Crippen LogP) is 1.92. The minimum absolute atomic E-state index is 0.314.